The lowest BCUT2D eigenvalue weighted by atomic mass is 9.55. The maximum absolute atomic E-state index is 6.73. The van der Waals surface area contributed by atoms with Gasteiger partial charge in [-0.15, -0.1) is 0 Å². The first-order valence-electron chi connectivity index (χ1n) is 12.0. The largest absolute Gasteiger partial charge is 0.542 e. The average Bonchev–Trinajstić information content (AvgIpc) is 2.94. The van der Waals surface area contributed by atoms with Gasteiger partial charge in [-0.3, -0.25) is 0 Å². The van der Waals surface area contributed by atoms with Crippen molar-refractivity contribution < 1.29 is 13.6 Å². The Kier molecular flexibility index (Phi) is 5.72. The van der Waals surface area contributed by atoms with Crippen molar-refractivity contribution in [1.82, 2.24) is 0 Å². The summed E-state index contributed by atoms with van der Waals surface area (Å²) in [6.07, 6.45) is 8.14. The lowest BCUT2D eigenvalue weighted by Crippen LogP contribution is -2.47. The summed E-state index contributed by atoms with van der Waals surface area (Å²) in [6.45, 7) is 16.3. The van der Waals surface area contributed by atoms with Gasteiger partial charge in [0.05, 0.1) is 13.2 Å². The predicted molar refractivity (Wildman–Crippen MR) is 130 cm³/mol. The molecule has 0 bridgehead atoms. The van der Waals surface area contributed by atoms with Crippen molar-refractivity contribution >= 4 is 16.6 Å². The summed E-state index contributed by atoms with van der Waals surface area (Å²) < 4.78 is 18.9. The van der Waals surface area contributed by atoms with E-state index in [-0.39, 0.29) is 0 Å². The van der Waals surface area contributed by atoms with Crippen molar-refractivity contribution in [1.29, 1.82) is 0 Å². The molecule has 0 aliphatic heterocycles. The number of ether oxygens (including phenoxy) is 1. The highest BCUT2D eigenvalue weighted by molar-refractivity contribution is 6.70. The van der Waals surface area contributed by atoms with Crippen LogP contribution in [0, 0.1) is 17.3 Å². The van der Waals surface area contributed by atoms with E-state index in [0.29, 0.717) is 17.4 Å². The molecule has 0 saturated heterocycles. The Morgan fingerprint density at radius 3 is 2.27 bits per heavy atom. The number of fused-ring (bicyclic) bond motifs is 5. The number of hydrogen-bond acceptors (Lipinski definition) is 3. The fourth-order valence-electron chi connectivity index (χ4n) is 6.72. The fourth-order valence-corrected chi connectivity index (χ4v) is 8.78. The Hall–Kier alpha value is -0.786. The molecule has 1 aromatic carbocycles. The van der Waals surface area contributed by atoms with Crippen molar-refractivity contribution in [3.8, 4) is 11.5 Å². The first kappa shape index (κ1) is 22.4. The van der Waals surface area contributed by atoms with Crippen LogP contribution in [-0.2, 0) is 10.8 Å². The van der Waals surface area contributed by atoms with Crippen LogP contribution in [0.15, 0.2) is 12.1 Å². The van der Waals surface area contributed by atoms with Crippen LogP contribution in [0.1, 0.15) is 56.1 Å². The number of methoxy groups -OCH3 is 1. The first-order chi connectivity index (χ1) is 13.9. The van der Waals surface area contributed by atoms with Crippen LogP contribution >= 0.6 is 0 Å². The van der Waals surface area contributed by atoms with E-state index in [0.717, 1.165) is 23.3 Å². The van der Waals surface area contributed by atoms with Crippen LogP contribution in [0.4, 0.5) is 0 Å². The van der Waals surface area contributed by atoms with Crippen molar-refractivity contribution in [3.63, 3.8) is 0 Å². The Bertz CT molecular complexity index is 795. The third-order valence-electron chi connectivity index (χ3n) is 7.83. The minimum Gasteiger partial charge on any atom is -0.542 e. The summed E-state index contributed by atoms with van der Waals surface area (Å²) in [7, 11) is -1.40. The molecule has 168 valence electrons. The van der Waals surface area contributed by atoms with Gasteiger partial charge in [-0.25, -0.2) is 0 Å². The van der Waals surface area contributed by atoms with Crippen molar-refractivity contribution in [2.24, 2.45) is 17.3 Å². The quantitative estimate of drug-likeness (QED) is 0.456. The normalized spacial score (nSPS) is 33.5. The molecule has 0 radical (unpaired) electrons. The summed E-state index contributed by atoms with van der Waals surface area (Å²) in [5, 5.41) is 0. The van der Waals surface area contributed by atoms with E-state index in [1.807, 2.05) is 0 Å². The van der Waals surface area contributed by atoms with Gasteiger partial charge >= 0.3 is 0 Å². The third-order valence-corrected chi connectivity index (χ3v) is 9.66. The van der Waals surface area contributed by atoms with Gasteiger partial charge in [-0.2, -0.15) is 0 Å². The molecule has 0 spiro atoms. The molecule has 0 aromatic heterocycles. The maximum atomic E-state index is 6.73. The molecule has 4 rings (SSSR count). The fraction of sp³-hybridized carbons (Fsp3) is 0.760. The van der Waals surface area contributed by atoms with E-state index in [1.54, 1.807) is 12.7 Å². The topological polar surface area (TPSA) is 27.7 Å². The van der Waals surface area contributed by atoms with Crippen molar-refractivity contribution in [2.75, 3.05) is 7.11 Å². The first-order valence-corrected chi connectivity index (χ1v) is 18.8. The second-order valence-electron chi connectivity index (χ2n) is 12.2. The molecular weight excluding hydrogens is 404 g/mol. The lowest BCUT2D eigenvalue weighted by Gasteiger charge is -2.51. The Morgan fingerprint density at radius 1 is 0.900 bits per heavy atom. The molecule has 3 nitrogen and oxygen atoms in total. The molecule has 3 aliphatic rings. The average molecular weight is 447 g/mol. The Balaban J connectivity index is 1.62. The minimum atomic E-state index is -1.67. The van der Waals surface area contributed by atoms with Gasteiger partial charge in [0.25, 0.3) is 0 Å². The van der Waals surface area contributed by atoms with Gasteiger partial charge in [-0.1, -0.05) is 6.92 Å². The van der Waals surface area contributed by atoms with Crippen molar-refractivity contribution in [3.05, 3.63) is 23.3 Å². The molecule has 5 heteroatoms. The van der Waals surface area contributed by atoms with Crippen LogP contribution in [0.25, 0.3) is 0 Å². The molecule has 5 atom stereocenters. The highest BCUT2D eigenvalue weighted by Gasteiger charge is 2.55. The number of benzene rings is 1. The highest BCUT2D eigenvalue weighted by atomic mass is 28.4. The van der Waals surface area contributed by atoms with Crippen LogP contribution in [0.3, 0.4) is 0 Å². The molecule has 0 amide bonds. The standard InChI is InChI=1S/C25H42O3Si2/c1-25-14-13-18-19(21(25)11-12-24(25)28-30(6,7)8)10-9-17-15-23(27-29(3,4)5)22(26-2)16-20(17)18/h15-16,18-19,21,24H,9-14H2,1-8H3/t18-,19+,21-,24-,25-/m0/s1. The van der Waals surface area contributed by atoms with Gasteiger partial charge in [0, 0.05) is 0 Å². The second kappa shape index (κ2) is 7.66. The summed E-state index contributed by atoms with van der Waals surface area (Å²) >= 11 is 0. The van der Waals surface area contributed by atoms with E-state index in [2.05, 4.69) is 58.3 Å². The molecule has 0 unspecified atom stereocenters. The number of hydrogen-bond donors (Lipinski definition) is 0. The van der Waals surface area contributed by atoms with E-state index in [9.17, 15) is 0 Å². The molecule has 2 fully saturated rings. The third kappa shape index (κ3) is 4.14. The van der Waals surface area contributed by atoms with E-state index in [4.69, 9.17) is 13.6 Å². The summed E-state index contributed by atoms with van der Waals surface area (Å²) in [5.41, 5.74) is 3.41. The summed E-state index contributed by atoms with van der Waals surface area (Å²) in [5.74, 6) is 4.15. The van der Waals surface area contributed by atoms with Crippen LogP contribution in [-0.4, -0.2) is 29.8 Å². The highest BCUT2D eigenvalue weighted by Crippen LogP contribution is 2.62. The molecule has 3 aliphatic carbocycles. The monoisotopic (exact) mass is 446 g/mol. The molecule has 2 saturated carbocycles. The second-order valence-corrected chi connectivity index (χ2v) is 21.1. The van der Waals surface area contributed by atoms with Crippen molar-refractivity contribution in [2.45, 2.75) is 96.8 Å². The van der Waals surface area contributed by atoms with E-state index in [1.165, 1.54) is 44.1 Å². The van der Waals surface area contributed by atoms with E-state index < -0.39 is 16.6 Å². The molecular formula is C25H42O3Si2. The number of aryl methyl sites for hydroxylation is 1. The Morgan fingerprint density at radius 2 is 1.63 bits per heavy atom. The predicted octanol–water partition coefficient (Wildman–Crippen LogP) is 6.99. The van der Waals surface area contributed by atoms with Crippen LogP contribution in [0.5, 0.6) is 11.5 Å². The van der Waals surface area contributed by atoms with Gasteiger partial charge in [0.15, 0.2) is 14.1 Å². The Labute approximate surface area is 186 Å². The van der Waals surface area contributed by atoms with Gasteiger partial charge in [-0.05, 0) is 124 Å². The maximum Gasteiger partial charge on any atom is 0.242 e. The summed E-state index contributed by atoms with van der Waals surface area (Å²) in [4.78, 5) is 0. The summed E-state index contributed by atoms with van der Waals surface area (Å²) in [6, 6.07) is 4.64. The minimum absolute atomic E-state index is 0.365. The number of rotatable bonds is 5. The zero-order valence-electron chi connectivity index (χ0n) is 20.4. The van der Waals surface area contributed by atoms with Gasteiger partial charge in [0.1, 0.15) is 5.75 Å². The van der Waals surface area contributed by atoms with Crippen LogP contribution < -0.4 is 9.16 Å². The van der Waals surface area contributed by atoms with E-state index >= 15 is 0 Å². The molecule has 0 heterocycles. The zero-order valence-corrected chi connectivity index (χ0v) is 22.4. The smallest absolute Gasteiger partial charge is 0.242 e. The molecule has 0 N–H and O–H groups in total. The van der Waals surface area contributed by atoms with Gasteiger partial charge < -0.3 is 13.6 Å². The molecule has 1 aromatic rings. The molecule has 30 heavy (non-hydrogen) atoms. The van der Waals surface area contributed by atoms with Gasteiger partial charge in [0.2, 0.25) is 8.32 Å². The SMILES string of the molecule is COc1cc2c(cc1O[Si](C)(C)C)CC[C@@H]1[C@@H]2CC[C@]2(C)[C@@H](O[Si](C)(C)C)CC[C@@H]12. The van der Waals surface area contributed by atoms with Crippen LogP contribution in [0.2, 0.25) is 39.3 Å². The lowest BCUT2D eigenvalue weighted by molar-refractivity contribution is -0.0141. The zero-order chi connectivity index (χ0) is 21.9.